The maximum Gasteiger partial charge on any atom is 0.243 e. The normalized spacial score (nSPS) is 11.7. The molecule has 0 radical (unpaired) electrons. The molecule has 6 heteroatoms. The van der Waals surface area contributed by atoms with Crippen LogP contribution >= 0.6 is 0 Å². The molecule has 0 unspecified atom stereocenters. The summed E-state index contributed by atoms with van der Waals surface area (Å²) in [6.45, 7) is 2.19. The number of unbranched alkanes of at least 4 members (excludes halogenated alkanes) is 1. The van der Waals surface area contributed by atoms with Gasteiger partial charge in [-0.1, -0.05) is 30.3 Å². The van der Waals surface area contributed by atoms with Gasteiger partial charge >= 0.3 is 0 Å². The molecule has 1 aromatic heterocycles. The van der Waals surface area contributed by atoms with Crippen LogP contribution in [0.1, 0.15) is 24.1 Å². The summed E-state index contributed by atoms with van der Waals surface area (Å²) in [5, 5.41) is 3.96. The largest absolute Gasteiger partial charge is 0.272 e. The van der Waals surface area contributed by atoms with Crippen molar-refractivity contribution in [3.8, 4) is 0 Å². The maximum absolute atomic E-state index is 12.1. The number of nitrogens with one attached hydrogen (secondary N) is 1. The van der Waals surface area contributed by atoms with E-state index in [4.69, 9.17) is 0 Å². The molecule has 1 heterocycles. The van der Waals surface area contributed by atoms with Gasteiger partial charge in [-0.15, -0.1) is 0 Å². The highest BCUT2D eigenvalue weighted by Gasteiger charge is 2.18. The number of sulfonamides is 1. The van der Waals surface area contributed by atoms with Crippen LogP contribution in [0.5, 0.6) is 0 Å². The van der Waals surface area contributed by atoms with Crippen LogP contribution in [0.4, 0.5) is 0 Å². The van der Waals surface area contributed by atoms with Gasteiger partial charge in [-0.3, -0.25) is 4.68 Å². The molecule has 2 aromatic rings. The van der Waals surface area contributed by atoms with Gasteiger partial charge in [0.25, 0.3) is 0 Å². The fraction of sp³-hybridized carbons (Fsp3) is 0.400. The van der Waals surface area contributed by atoms with Crippen LogP contribution in [0.15, 0.2) is 41.4 Å². The molecule has 0 aliphatic rings. The third kappa shape index (κ3) is 4.15. The number of nitrogens with zero attached hydrogens (tertiary/aromatic N) is 2. The van der Waals surface area contributed by atoms with E-state index in [9.17, 15) is 8.42 Å². The van der Waals surface area contributed by atoms with Crippen molar-refractivity contribution < 1.29 is 8.42 Å². The van der Waals surface area contributed by atoms with Crippen LogP contribution in [-0.4, -0.2) is 24.7 Å². The highest BCUT2D eigenvalue weighted by molar-refractivity contribution is 7.89. The van der Waals surface area contributed by atoms with Crippen LogP contribution in [0.25, 0.3) is 0 Å². The van der Waals surface area contributed by atoms with Crippen molar-refractivity contribution >= 4 is 10.0 Å². The number of hydrogen-bond donors (Lipinski definition) is 1. The first-order valence-corrected chi connectivity index (χ1v) is 8.51. The number of hydrogen-bond acceptors (Lipinski definition) is 3. The van der Waals surface area contributed by atoms with Gasteiger partial charge in [0.05, 0.1) is 11.9 Å². The quantitative estimate of drug-likeness (QED) is 0.796. The molecule has 21 heavy (non-hydrogen) atoms. The predicted octanol–water partition coefficient (Wildman–Crippen LogP) is 2.03. The molecule has 2 rings (SSSR count). The first-order chi connectivity index (χ1) is 10.0. The SMILES string of the molecule is Cc1c(S(=O)(=O)NCCCCc2ccccc2)cnn1C. The van der Waals surface area contributed by atoms with Crippen molar-refractivity contribution in [1.29, 1.82) is 0 Å². The van der Waals surface area contributed by atoms with Crippen LogP contribution in [0, 0.1) is 6.92 Å². The molecule has 0 aliphatic carbocycles. The highest BCUT2D eigenvalue weighted by Crippen LogP contribution is 2.13. The van der Waals surface area contributed by atoms with Crippen molar-refractivity contribution in [2.75, 3.05) is 6.54 Å². The number of aromatic nitrogens is 2. The highest BCUT2D eigenvalue weighted by atomic mass is 32.2. The average molecular weight is 307 g/mol. The van der Waals surface area contributed by atoms with Crippen molar-refractivity contribution in [3.05, 3.63) is 47.8 Å². The van der Waals surface area contributed by atoms with Crippen molar-refractivity contribution in [3.63, 3.8) is 0 Å². The lowest BCUT2D eigenvalue weighted by Crippen LogP contribution is -2.25. The third-order valence-corrected chi connectivity index (χ3v) is 5.07. The Balaban J connectivity index is 1.79. The predicted molar refractivity (Wildman–Crippen MR) is 82.5 cm³/mol. The zero-order valence-electron chi connectivity index (χ0n) is 12.4. The number of benzene rings is 1. The van der Waals surface area contributed by atoms with Crippen LogP contribution in [-0.2, 0) is 23.5 Å². The second-order valence-corrected chi connectivity index (χ2v) is 6.79. The Morgan fingerprint density at radius 1 is 1.19 bits per heavy atom. The smallest absolute Gasteiger partial charge is 0.243 e. The van der Waals surface area contributed by atoms with Crippen LogP contribution in [0.3, 0.4) is 0 Å². The van der Waals surface area contributed by atoms with Gasteiger partial charge in [0.15, 0.2) is 0 Å². The van der Waals surface area contributed by atoms with E-state index in [0.717, 1.165) is 19.3 Å². The van der Waals surface area contributed by atoms with Gasteiger partial charge < -0.3 is 0 Å². The van der Waals surface area contributed by atoms with E-state index in [0.29, 0.717) is 12.2 Å². The minimum absolute atomic E-state index is 0.257. The molecule has 0 saturated heterocycles. The molecular formula is C15H21N3O2S. The second kappa shape index (κ2) is 6.87. The Morgan fingerprint density at radius 2 is 1.90 bits per heavy atom. The minimum Gasteiger partial charge on any atom is -0.272 e. The zero-order chi connectivity index (χ0) is 15.3. The van der Waals surface area contributed by atoms with Gasteiger partial charge in [-0.05, 0) is 31.7 Å². The summed E-state index contributed by atoms with van der Waals surface area (Å²) in [5.41, 5.74) is 1.93. The van der Waals surface area contributed by atoms with E-state index >= 15 is 0 Å². The first kappa shape index (κ1) is 15.7. The third-order valence-electron chi connectivity index (χ3n) is 3.51. The van der Waals surface area contributed by atoms with E-state index in [1.165, 1.54) is 11.8 Å². The molecule has 0 atom stereocenters. The van der Waals surface area contributed by atoms with Gasteiger partial charge in [-0.2, -0.15) is 5.10 Å². The Labute approximate surface area is 126 Å². The van der Waals surface area contributed by atoms with E-state index in [-0.39, 0.29) is 4.90 Å². The van der Waals surface area contributed by atoms with E-state index in [1.54, 1.807) is 18.7 Å². The average Bonchev–Trinajstić information content (AvgIpc) is 2.80. The molecule has 0 bridgehead atoms. The van der Waals surface area contributed by atoms with Gasteiger partial charge in [0, 0.05) is 13.6 Å². The van der Waals surface area contributed by atoms with Gasteiger partial charge in [0.1, 0.15) is 4.90 Å². The zero-order valence-corrected chi connectivity index (χ0v) is 13.2. The second-order valence-electron chi connectivity index (χ2n) is 5.06. The molecule has 1 N–H and O–H groups in total. The fourth-order valence-electron chi connectivity index (χ4n) is 2.13. The lowest BCUT2D eigenvalue weighted by molar-refractivity contribution is 0.575. The number of aryl methyl sites for hydroxylation is 2. The van der Waals surface area contributed by atoms with Gasteiger partial charge in [0.2, 0.25) is 10.0 Å². The fourth-order valence-corrected chi connectivity index (χ4v) is 3.40. The molecule has 0 amide bonds. The summed E-state index contributed by atoms with van der Waals surface area (Å²) in [5.74, 6) is 0. The van der Waals surface area contributed by atoms with Crippen LogP contribution in [0.2, 0.25) is 0 Å². The molecule has 5 nitrogen and oxygen atoms in total. The van der Waals surface area contributed by atoms with E-state index in [2.05, 4.69) is 22.0 Å². The maximum atomic E-state index is 12.1. The summed E-state index contributed by atoms with van der Waals surface area (Å²) in [4.78, 5) is 0.257. The summed E-state index contributed by atoms with van der Waals surface area (Å²) < 4.78 is 28.5. The van der Waals surface area contributed by atoms with Crippen molar-refractivity contribution in [2.45, 2.75) is 31.1 Å². The molecule has 114 valence electrons. The molecule has 1 aromatic carbocycles. The lowest BCUT2D eigenvalue weighted by Gasteiger charge is -2.06. The van der Waals surface area contributed by atoms with Crippen molar-refractivity contribution in [1.82, 2.24) is 14.5 Å². The molecular weight excluding hydrogens is 286 g/mol. The summed E-state index contributed by atoms with van der Waals surface area (Å²) in [6.07, 6.45) is 4.13. The monoisotopic (exact) mass is 307 g/mol. The summed E-state index contributed by atoms with van der Waals surface area (Å²) >= 11 is 0. The topological polar surface area (TPSA) is 64.0 Å². The first-order valence-electron chi connectivity index (χ1n) is 7.03. The standard InChI is InChI=1S/C15H21N3O2S/c1-13-15(12-16-18(13)2)21(19,20)17-11-7-6-10-14-8-4-3-5-9-14/h3-5,8-9,12,17H,6-7,10-11H2,1-2H3. The Morgan fingerprint density at radius 3 is 2.52 bits per heavy atom. The van der Waals surface area contributed by atoms with Crippen molar-refractivity contribution in [2.24, 2.45) is 7.05 Å². The molecule has 0 spiro atoms. The number of rotatable bonds is 7. The Bertz CT molecular complexity index is 678. The summed E-state index contributed by atoms with van der Waals surface area (Å²) in [7, 11) is -1.72. The summed E-state index contributed by atoms with van der Waals surface area (Å²) in [6, 6.07) is 10.2. The van der Waals surface area contributed by atoms with E-state index in [1.807, 2.05) is 18.2 Å². The van der Waals surface area contributed by atoms with E-state index < -0.39 is 10.0 Å². The molecule has 0 saturated carbocycles. The Kier molecular flexibility index (Phi) is 5.14. The molecule has 0 fully saturated rings. The lowest BCUT2D eigenvalue weighted by atomic mass is 10.1. The van der Waals surface area contributed by atoms with Gasteiger partial charge in [-0.25, -0.2) is 13.1 Å². The Hall–Kier alpha value is -1.66. The minimum atomic E-state index is -3.45. The van der Waals surface area contributed by atoms with Crippen LogP contribution < -0.4 is 4.72 Å². The molecule has 0 aliphatic heterocycles.